The van der Waals surface area contributed by atoms with Gasteiger partial charge in [-0.1, -0.05) is 6.08 Å². The molecule has 1 rings (SSSR count). The lowest BCUT2D eigenvalue weighted by Gasteiger charge is -2.26. The summed E-state index contributed by atoms with van der Waals surface area (Å²) in [6, 6.07) is -0.419. The van der Waals surface area contributed by atoms with Crippen molar-refractivity contribution in [1.29, 1.82) is 0 Å². The molecule has 0 aromatic heterocycles. The van der Waals surface area contributed by atoms with E-state index in [1.807, 2.05) is 20.8 Å². The van der Waals surface area contributed by atoms with Gasteiger partial charge in [0.25, 0.3) is 0 Å². The van der Waals surface area contributed by atoms with E-state index >= 15 is 0 Å². The predicted octanol–water partition coefficient (Wildman–Crippen LogP) is 1.90. The number of carbonyl (C=O) groups is 2. The summed E-state index contributed by atoms with van der Waals surface area (Å²) in [6.45, 7) is 7.91. The van der Waals surface area contributed by atoms with Crippen LogP contribution in [0, 0.1) is 0 Å². The second-order valence-corrected chi connectivity index (χ2v) is 5.22. The highest BCUT2D eigenvalue weighted by Crippen LogP contribution is 2.21. The first kappa shape index (κ1) is 13.7. The van der Waals surface area contributed by atoms with E-state index in [4.69, 9.17) is 4.74 Å². The van der Waals surface area contributed by atoms with Crippen molar-refractivity contribution in [2.75, 3.05) is 6.54 Å². The molecule has 0 aromatic rings. The number of esters is 1. The molecule has 0 bridgehead atoms. The summed E-state index contributed by atoms with van der Waals surface area (Å²) in [5.41, 5.74) is -0.505. The number of hydrogen-bond donors (Lipinski definition) is 0. The molecule has 1 aliphatic rings. The largest absolute Gasteiger partial charge is 0.458 e. The fraction of sp³-hybridized carbons (Fsp3) is 0.692. The van der Waals surface area contributed by atoms with Crippen LogP contribution in [0.5, 0.6) is 0 Å². The third kappa shape index (κ3) is 3.88. The molecule has 1 heterocycles. The lowest BCUT2D eigenvalue weighted by molar-refractivity contribution is -0.162. The van der Waals surface area contributed by atoms with E-state index in [-0.39, 0.29) is 11.9 Å². The van der Waals surface area contributed by atoms with Crippen LogP contribution in [0.25, 0.3) is 0 Å². The first-order valence-electron chi connectivity index (χ1n) is 6.01. The highest BCUT2D eigenvalue weighted by Gasteiger charge is 2.35. The molecule has 96 valence electrons. The van der Waals surface area contributed by atoms with Gasteiger partial charge in [-0.2, -0.15) is 0 Å². The number of likely N-dealkylation sites (tertiary alicyclic amines) is 1. The first-order chi connectivity index (χ1) is 7.85. The summed E-state index contributed by atoms with van der Waals surface area (Å²) in [7, 11) is 0. The van der Waals surface area contributed by atoms with E-state index in [2.05, 4.69) is 0 Å². The van der Waals surface area contributed by atoms with Crippen LogP contribution in [0.2, 0.25) is 0 Å². The molecule has 1 saturated heterocycles. The zero-order valence-electron chi connectivity index (χ0n) is 11.0. The summed E-state index contributed by atoms with van der Waals surface area (Å²) in [5.74, 6) is -0.409. The first-order valence-corrected chi connectivity index (χ1v) is 6.01. The van der Waals surface area contributed by atoms with E-state index in [1.54, 1.807) is 17.9 Å². The maximum atomic E-state index is 11.9. The van der Waals surface area contributed by atoms with Gasteiger partial charge in [-0.15, -0.1) is 0 Å². The summed E-state index contributed by atoms with van der Waals surface area (Å²) < 4.78 is 5.32. The van der Waals surface area contributed by atoms with Crippen molar-refractivity contribution in [2.24, 2.45) is 0 Å². The van der Waals surface area contributed by atoms with Gasteiger partial charge in [0.2, 0.25) is 5.91 Å². The van der Waals surface area contributed by atoms with Gasteiger partial charge in [-0.05, 0) is 46.6 Å². The molecule has 0 aliphatic carbocycles. The minimum Gasteiger partial charge on any atom is -0.458 e. The molecule has 1 amide bonds. The second-order valence-electron chi connectivity index (χ2n) is 5.22. The van der Waals surface area contributed by atoms with Crippen molar-refractivity contribution in [3.63, 3.8) is 0 Å². The normalized spacial score (nSPS) is 20.9. The zero-order valence-corrected chi connectivity index (χ0v) is 11.0. The maximum absolute atomic E-state index is 11.9. The van der Waals surface area contributed by atoms with Crippen LogP contribution < -0.4 is 0 Å². The summed E-state index contributed by atoms with van der Waals surface area (Å²) in [6.07, 6.45) is 4.72. The molecule has 0 radical (unpaired) electrons. The maximum Gasteiger partial charge on any atom is 0.329 e. The molecule has 0 spiro atoms. The topological polar surface area (TPSA) is 46.6 Å². The molecular formula is C13H21NO3. The monoisotopic (exact) mass is 239 g/mol. The number of nitrogens with zero attached hydrogens (tertiary/aromatic N) is 1. The Morgan fingerprint density at radius 3 is 2.53 bits per heavy atom. The van der Waals surface area contributed by atoms with Crippen LogP contribution in [-0.2, 0) is 14.3 Å². The number of allylic oxidation sites excluding steroid dienone is 1. The number of amides is 1. The fourth-order valence-corrected chi connectivity index (χ4v) is 1.88. The lowest BCUT2D eigenvalue weighted by Crippen LogP contribution is -2.42. The van der Waals surface area contributed by atoms with Gasteiger partial charge in [-0.3, -0.25) is 4.79 Å². The number of rotatable bonds is 2. The number of hydrogen-bond acceptors (Lipinski definition) is 3. The standard InChI is InChI=1S/C13H21NO3/c1-5-7-11(15)14-9-6-8-10(14)12(16)17-13(2,3)4/h5,7,10H,6,8-9H2,1-4H3/b7-5+/t10-/m1/s1. The van der Waals surface area contributed by atoms with E-state index in [0.717, 1.165) is 6.42 Å². The molecule has 0 N–H and O–H groups in total. The Morgan fingerprint density at radius 1 is 1.35 bits per heavy atom. The van der Waals surface area contributed by atoms with Crippen molar-refractivity contribution in [3.05, 3.63) is 12.2 Å². The highest BCUT2D eigenvalue weighted by molar-refractivity contribution is 5.92. The van der Waals surface area contributed by atoms with Crippen molar-refractivity contribution in [1.82, 2.24) is 4.90 Å². The van der Waals surface area contributed by atoms with Crippen molar-refractivity contribution >= 4 is 11.9 Å². The minimum absolute atomic E-state index is 0.110. The van der Waals surface area contributed by atoms with E-state index in [0.29, 0.717) is 13.0 Å². The Kier molecular flexibility index (Phi) is 4.32. The molecule has 0 aromatic carbocycles. The lowest BCUT2D eigenvalue weighted by atomic mass is 10.1. The summed E-state index contributed by atoms with van der Waals surface area (Å²) >= 11 is 0. The van der Waals surface area contributed by atoms with Gasteiger partial charge < -0.3 is 9.64 Å². The average Bonchev–Trinajstić information content (AvgIpc) is 2.63. The third-order valence-electron chi connectivity index (χ3n) is 2.52. The van der Waals surface area contributed by atoms with Gasteiger partial charge in [0.05, 0.1) is 0 Å². The van der Waals surface area contributed by atoms with E-state index in [1.165, 1.54) is 6.08 Å². The predicted molar refractivity (Wildman–Crippen MR) is 65.4 cm³/mol. The summed E-state index contributed by atoms with van der Waals surface area (Å²) in [4.78, 5) is 25.3. The van der Waals surface area contributed by atoms with Gasteiger partial charge in [0.1, 0.15) is 11.6 Å². The molecule has 0 saturated carbocycles. The second kappa shape index (κ2) is 5.34. The third-order valence-corrected chi connectivity index (χ3v) is 2.52. The van der Waals surface area contributed by atoms with Crippen molar-refractivity contribution in [3.8, 4) is 0 Å². The van der Waals surface area contributed by atoms with Crippen LogP contribution in [0.4, 0.5) is 0 Å². The van der Waals surface area contributed by atoms with Gasteiger partial charge in [-0.25, -0.2) is 4.79 Å². The van der Waals surface area contributed by atoms with Crippen molar-refractivity contribution < 1.29 is 14.3 Å². The van der Waals surface area contributed by atoms with E-state index in [9.17, 15) is 9.59 Å². The Bertz CT molecular complexity index is 328. The Hall–Kier alpha value is -1.32. The molecule has 1 fully saturated rings. The fourth-order valence-electron chi connectivity index (χ4n) is 1.88. The van der Waals surface area contributed by atoms with Crippen LogP contribution >= 0.6 is 0 Å². The van der Waals surface area contributed by atoms with Crippen molar-refractivity contribution in [2.45, 2.75) is 52.2 Å². The zero-order chi connectivity index (χ0) is 13.1. The van der Waals surface area contributed by atoms with Gasteiger partial charge in [0.15, 0.2) is 0 Å². The van der Waals surface area contributed by atoms with Crippen LogP contribution in [0.1, 0.15) is 40.5 Å². The van der Waals surface area contributed by atoms with Crippen LogP contribution in [0.3, 0.4) is 0 Å². The molecule has 17 heavy (non-hydrogen) atoms. The molecular weight excluding hydrogens is 218 g/mol. The summed E-state index contributed by atoms with van der Waals surface area (Å²) in [5, 5.41) is 0. The molecule has 1 atom stereocenters. The number of ether oxygens (including phenoxy) is 1. The molecule has 4 nitrogen and oxygen atoms in total. The Labute approximate surface area is 103 Å². The molecule has 4 heteroatoms. The van der Waals surface area contributed by atoms with E-state index < -0.39 is 11.6 Å². The van der Waals surface area contributed by atoms with Gasteiger partial charge in [0, 0.05) is 6.54 Å². The Balaban J connectivity index is 2.69. The quantitative estimate of drug-likeness (QED) is 0.546. The highest BCUT2D eigenvalue weighted by atomic mass is 16.6. The Morgan fingerprint density at radius 2 is 2.00 bits per heavy atom. The number of carbonyl (C=O) groups excluding carboxylic acids is 2. The van der Waals surface area contributed by atoms with Crippen LogP contribution in [0.15, 0.2) is 12.2 Å². The van der Waals surface area contributed by atoms with Crippen LogP contribution in [-0.4, -0.2) is 35.0 Å². The smallest absolute Gasteiger partial charge is 0.329 e. The SMILES string of the molecule is C/C=C/C(=O)N1CCC[C@@H]1C(=O)OC(C)(C)C. The molecule has 1 aliphatic heterocycles. The average molecular weight is 239 g/mol. The molecule has 0 unspecified atom stereocenters. The van der Waals surface area contributed by atoms with Gasteiger partial charge >= 0.3 is 5.97 Å². The minimum atomic E-state index is -0.505.